The van der Waals surface area contributed by atoms with Crippen molar-refractivity contribution in [2.75, 3.05) is 13.2 Å². The molecule has 1 saturated heterocycles. The second-order valence-corrected chi connectivity index (χ2v) is 5.45. The molecule has 0 bridgehead atoms. The standard InChI is InChI=1S/C15H27N3O/c1-3-13-10-15(18(4-2)16-13)11-17-9-7-5-6-8-14(17)12-19/h10,14,19H,3-9,11-12H2,1-2H3. The summed E-state index contributed by atoms with van der Waals surface area (Å²) in [6, 6.07) is 2.55. The van der Waals surface area contributed by atoms with Crippen LogP contribution in [0.3, 0.4) is 0 Å². The summed E-state index contributed by atoms with van der Waals surface area (Å²) in [5.41, 5.74) is 2.46. The van der Waals surface area contributed by atoms with Crippen molar-refractivity contribution < 1.29 is 5.11 Å². The van der Waals surface area contributed by atoms with E-state index in [0.717, 1.165) is 32.5 Å². The fourth-order valence-electron chi connectivity index (χ4n) is 2.95. The van der Waals surface area contributed by atoms with Crippen molar-refractivity contribution in [2.45, 2.75) is 65.1 Å². The van der Waals surface area contributed by atoms with Gasteiger partial charge in [0.15, 0.2) is 0 Å². The van der Waals surface area contributed by atoms with E-state index in [0.29, 0.717) is 6.04 Å². The van der Waals surface area contributed by atoms with Gasteiger partial charge in [0.25, 0.3) is 0 Å². The summed E-state index contributed by atoms with van der Waals surface area (Å²) in [5.74, 6) is 0. The highest BCUT2D eigenvalue weighted by Crippen LogP contribution is 2.19. The summed E-state index contributed by atoms with van der Waals surface area (Å²) in [7, 11) is 0. The number of likely N-dealkylation sites (tertiary alicyclic amines) is 1. The Morgan fingerprint density at radius 3 is 2.84 bits per heavy atom. The maximum Gasteiger partial charge on any atom is 0.0625 e. The zero-order chi connectivity index (χ0) is 13.7. The number of rotatable bonds is 5. The first-order chi connectivity index (χ1) is 9.28. The molecule has 2 heterocycles. The van der Waals surface area contributed by atoms with Gasteiger partial charge in [0.1, 0.15) is 0 Å². The van der Waals surface area contributed by atoms with Gasteiger partial charge in [0.2, 0.25) is 0 Å². The minimum atomic E-state index is 0.279. The molecule has 1 aromatic heterocycles. The van der Waals surface area contributed by atoms with Crippen LogP contribution >= 0.6 is 0 Å². The van der Waals surface area contributed by atoms with Crippen LogP contribution in [0.1, 0.15) is 50.9 Å². The molecule has 0 radical (unpaired) electrons. The molecule has 1 N–H and O–H groups in total. The van der Waals surface area contributed by atoms with E-state index in [1.165, 1.54) is 30.7 Å². The Labute approximate surface area is 116 Å². The molecule has 0 aliphatic carbocycles. The SMILES string of the molecule is CCc1cc(CN2CCCCCC2CO)n(CC)n1. The molecule has 0 spiro atoms. The van der Waals surface area contributed by atoms with Crippen LogP contribution in [0, 0.1) is 0 Å². The quantitative estimate of drug-likeness (QED) is 0.887. The highest BCUT2D eigenvalue weighted by Gasteiger charge is 2.21. The number of hydrogen-bond acceptors (Lipinski definition) is 3. The Balaban J connectivity index is 2.11. The highest BCUT2D eigenvalue weighted by molar-refractivity contribution is 5.10. The number of hydrogen-bond donors (Lipinski definition) is 1. The van der Waals surface area contributed by atoms with E-state index in [1.807, 2.05) is 0 Å². The normalized spacial score (nSPS) is 21.5. The molecule has 108 valence electrons. The number of aliphatic hydroxyl groups is 1. The summed E-state index contributed by atoms with van der Waals surface area (Å²) in [6.07, 6.45) is 5.90. The number of nitrogens with zero attached hydrogens (tertiary/aromatic N) is 3. The second-order valence-electron chi connectivity index (χ2n) is 5.45. The van der Waals surface area contributed by atoms with Gasteiger partial charge in [-0.15, -0.1) is 0 Å². The molecule has 1 aliphatic rings. The summed E-state index contributed by atoms with van der Waals surface area (Å²) in [5, 5.41) is 14.2. The van der Waals surface area contributed by atoms with Crippen molar-refractivity contribution in [3.8, 4) is 0 Å². The van der Waals surface area contributed by atoms with Crippen LogP contribution in [0.25, 0.3) is 0 Å². The van der Waals surface area contributed by atoms with Gasteiger partial charge in [-0.1, -0.05) is 19.8 Å². The van der Waals surface area contributed by atoms with E-state index in [-0.39, 0.29) is 6.61 Å². The summed E-state index contributed by atoms with van der Waals surface area (Å²) >= 11 is 0. The Morgan fingerprint density at radius 1 is 1.32 bits per heavy atom. The molecule has 1 fully saturated rings. The van der Waals surface area contributed by atoms with Crippen molar-refractivity contribution >= 4 is 0 Å². The van der Waals surface area contributed by atoms with Gasteiger partial charge in [0, 0.05) is 19.1 Å². The lowest BCUT2D eigenvalue weighted by Crippen LogP contribution is -2.37. The van der Waals surface area contributed by atoms with Crippen molar-refractivity contribution in [3.63, 3.8) is 0 Å². The molecule has 1 atom stereocenters. The molecule has 1 unspecified atom stereocenters. The minimum Gasteiger partial charge on any atom is -0.395 e. The van der Waals surface area contributed by atoms with Crippen molar-refractivity contribution in [3.05, 3.63) is 17.5 Å². The Kier molecular flexibility index (Phi) is 5.40. The molecule has 2 rings (SSSR count). The monoisotopic (exact) mass is 265 g/mol. The molecule has 1 aliphatic heterocycles. The zero-order valence-electron chi connectivity index (χ0n) is 12.3. The van der Waals surface area contributed by atoms with E-state index in [2.05, 4.69) is 34.6 Å². The number of aryl methyl sites for hydroxylation is 2. The van der Waals surface area contributed by atoms with Crippen LogP contribution in [0.5, 0.6) is 0 Å². The lowest BCUT2D eigenvalue weighted by atomic mass is 10.1. The van der Waals surface area contributed by atoms with Gasteiger partial charge in [-0.25, -0.2) is 0 Å². The fourth-order valence-corrected chi connectivity index (χ4v) is 2.95. The molecule has 19 heavy (non-hydrogen) atoms. The maximum atomic E-state index is 9.58. The van der Waals surface area contributed by atoms with Crippen molar-refractivity contribution in [1.29, 1.82) is 0 Å². The molecule has 0 saturated carbocycles. The molecular formula is C15H27N3O. The average molecular weight is 265 g/mol. The first kappa shape index (κ1) is 14.5. The molecule has 0 amide bonds. The Bertz CT molecular complexity index is 389. The lowest BCUT2D eigenvalue weighted by Gasteiger charge is -2.28. The third kappa shape index (κ3) is 3.57. The third-order valence-electron chi connectivity index (χ3n) is 4.15. The second kappa shape index (κ2) is 7.06. The van der Waals surface area contributed by atoms with Crippen LogP contribution in [-0.4, -0.2) is 39.0 Å². The first-order valence-electron chi connectivity index (χ1n) is 7.69. The van der Waals surface area contributed by atoms with Crippen LogP contribution in [-0.2, 0) is 19.5 Å². The molecular weight excluding hydrogens is 238 g/mol. The van der Waals surface area contributed by atoms with E-state index in [4.69, 9.17) is 0 Å². The van der Waals surface area contributed by atoms with E-state index >= 15 is 0 Å². The van der Waals surface area contributed by atoms with Gasteiger partial charge >= 0.3 is 0 Å². The van der Waals surface area contributed by atoms with E-state index in [9.17, 15) is 5.11 Å². The van der Waals surface area contributed by atoms with E-state index < -0.39 is 0 Å². The predicted molar refractivity (Wildman–Crippen MR) is 77.0 cm³/mol. The van der Waals surface area contributed by atoms with Gasteiger partial charge in [-0.2, -0.15) is 5.10 Å². The highest BCUT2D eigenvalue weighted by atomic mass is 16.3. The van der Waals surface area contributed by atoms with Crippen LogP contribution in [0.2, 0.25) is 0 Å². The molecule has 4 heteroatoms. The zero-order valence-corrected chi connectivity index (χ0v) is 12.3. The van der Waals surface area contributed by atoms with Gasteiger partial charge < -0.3 is 5.11 Å². The Hall–Kier alpha value is -0.870. The average Bonchev–Trinajstić information content (AvgIpc) is 2.69. The summed E-state index contributed by atoms with van der Waals surface area (Å²) in [6.45, 7) is 7.51. The molecule has 4 nitrogen and oxygen atoms in total. The van der Waals surface area contributed by atoms with Gasteiger partial charge in [-0.05, 0) is 38.8 Å². The largest absolute Gasteiger partial charge is 0.395 e. The minimum absolute atomic E-state index is 0.279. The van der Waals surface area contributed by atoms with Crippen molar-refractivity contribution in [1.82, 2.24) is 14.7 Å². The molecule has 0 aromatic carbocycles. The van der Waals surface area contributed by atoms with Crippen LogP contribution < -0.4 is 0 Å². The van der Waals surface area contributed by atoms with Crippen LogP contribution in [0.4, 0.5) is 0 Å². The Morgan fingerprint density at radius 2 is 2.16 bits per heavy atom. The molecule has 1 aromatic rings. The third-order valence-corrected chi connectivity index (χ3v) is 4.15. The van der Waals surface area contributed by atoms with Gasteiger partial charge in [-0.3, -0.25) is 9.58 Å². The summed E-state index contributed by atoms with van der Waals surface area (Å²) in [4.78, 5) is 2.44. The first-order valence-corrected chi connectivity index (χ1v) is 7.69. The fraction of sp³-hybridized carbons (Fsp3) is 0.800. The number of aliphatic hydroxyl groups excluding tert-OH is 1. The summed E-state index contributed by atoms with van der Waals surface area (Å²) < 4.78 is 2.11. The van der Waals surface area contributed by atoms with Crippen molar-refractivity contribution in [2.24, 2.45) is 0 Å². The smallest absolute Gasteiger partial charge is 0.0625 e. The number of aromatic nitrogens is 2. The predicted octanol–water partition coefficient (Wildman–Crippen LogP) is 2.20. The maximum absolute atomic E-state index is 9.58. The topological polar surface area (TPSA) is 41.3 Å². The van der Waals surface area contributed by atoms with Crippen LogP contribution in [0.15, 0.2) is 6.07 Å². The lowest BCUT2D eigenvalue weighted by molar-refractivity contribution is 0.116. The van der Waals surface area contributed by atoms with Gasteiger partial charge in [0.05, 0.1) is 18.0 Å². The van der Waals surface area contributed by atoms with E-state index in [1.54, 1.807) is 0 Å².